The maximum atomic E-state index is 5.63. The molecule has 0 bridgehead atoms. The molecular formula is C25H26N6O2. The number of piperidine rings is 1. The molecule has 33 heavy (non-hydrogen) atoms. The summed E-state index contributed by atoms with van der Waals surface area (Å²) in [5.74, 6) is 3.01. The lowest BCUT2D eigenvalue weighted by atomic mass is 9.96. The highest BCUT2D eigenvalue weighted by molar-refractivity contribution is 5.67. The van der Waals surface area contributed by atoms with Gasteiger partial charge in [0, 0.05) is 43.4 Å². The Morgan fingerprint density at radius 2 is 1.94 bits per heavy atom. The Kier molecular flexibility index (Phi) is 5.07. The second-order valence-corrected chi connectivity index (χ2v) is 8.73. The Hall–Kier alpha value is -3.65. The molecule has 2 aromatic carbocycles. The zero-order valence-corrected chi connectivity index (χ0v) is 18.6. The van der Waals surface area contributed by atoms with Crippen LogP contribution in [0.4, 0.5) is 0 Å². The molecule has 8 nitrogen and oxygen atoms in total. The molecule has 1 fully saturated rings. The van der Waals surface area contributed by atoms with Crippen molar-refractivity contribution in [2.75, 3.05) is 19.9 Å². The summed E-state index contributed by atoms with van der Waals surface area (Å²) in [5.41, 5.74) is 4.24. The van der Waals surface area contributed by atoms with Gasteiger partial charge in [0.1, 0.15) is 12.2 Å². The van der Waals surface area contributed by atoms with Crippen LogP contribution in [0.1, 0.15) is 30.1 Å². The molecule has 4 aromatic rings. The fraction of sp³-hybridized carbons (Fsp3) is 0.320. The number of aromatic nitrogens is 5. The molecule has 0 amide bonds. The smallest absolute Gasteiger partial charge is 0.231 e. The number of para-hydroxylation sites is 1. The van der Waals surface area contributed by atoms with Crippen molar-refractivity contribution in [2.24, 2.45) is 7.05 Å². The number of hydrogen-bond acceptors (Lipinski definition) is 6. The number of ether oxygens (including phenoxy) is 2. The third-order valence-electron chi connectivity index (χ3n) is 6.47. The summed E-state index contributed by atoms with van der Waals surface area (Å²) in [4.78, 5) is 2.51. The summed E-state index contributed by atoms with van der Waals surface area (Å²) in [6.45, 7) is 3.11. The molecule has 6 rings (SSSR count). The Labute approximate surface area is 192 Å². The first-order valence-corrected chi connectivity index (χ1v) is 11.3. The Balaban J connectivity index is 1.33. The third kappa shape index (κ3) is 3.87. The molecule has 2 aromatic heterocycles. The Morgan fingerprint density at radius 3 is 2.79 bits per heavy atom. The van der Waals surface area contributed by atoms with E-state index in [-0.39, 0.29) is 6.79 Å². The van der Waals surface area contributed by atoms with Gasteiger partial charge in [-0.25, -0.2) is 4.68 Å². The van der Waals surface area contributed by atoms with Crippen LogP contribution in [0, 0.1) is 0 Å². The molecule has 1 atom stereocenters. The molecule has 4 heterocycles. The van der Waals surface area contributed by atoms with E-state index in [0.717, 1.165) is 66.7 Å². The summed E-state index contributed by atoms with van der Waals surface area (Å²) in [6, 6.07) is 16.3. The summed E-state index contributed by atoms with van der Waals surface area (Å²) < 4.78 is 15.1. The van der Waals surface area contributed by atoms with Crippen molar-refractivity contribution in [3.8, 4) is 28.4 Å². The number of hydrogen-bond donors (Lipinski definition) is 0. The van der Waals surface area contributed by atoms with E-state index >= 15 is 0 Å². The molecule has 1 saturated heterocycles. The van der Waals surface area contributed by atoms with E-state index < -0.39 is 0 Å². The maximum Gasteiger partial charge on any atom is 0.231 e. The van der Waals surface area contributed by atoms with Crippen LogP contribution in [-0.4, -0.2) is 49.3 Å². The lowest BCUT2D eigenvalue weighted by Gasteiger charge is -2.32. The van der Waals surface area contributed by atoms with Crippen molar-refractivity contribution in [1.82, 2.24) is 29.4 Å². The van der Waals surface area contributed by atoms with Gasteiger partial charge in [-0.1, -0.05) is 18.2 Å². The van der Waals surface area contributed by atoms with Crippen molar-refractivity contribution in [3.63, 3.8) is 0 Å². The minimum Gasteiger partial charge on any atom is -0.454 e. The molecule has 0 spiro atoms. The zero-order chi connectivity index (χ0) is 22.2. The molecule has 2 aliphatic rings. The summed E-state index contributed by atoms with van der Waals surface area (Å²) in [7, 11) is 2.02. The van der Waals surface area contributed by atoms with Gasteiger partial charge in [-0.15, -0.1) is 10.2 Å². The number of rotatable bonds is 5. The standard InChI is InChI=1S/C25H26N6O2/c1-29-16-26-27-25(29)19-6-5-11-30(13-19)14-20-15-31(21-7-3-2-4-8-21)28-24(20)18-9-10-22-23(12-18)33-17-32-22/h2-4,7-10,12,15-16,19H,5-6,11,13-14,17H2,1H3. The monoisotopic (exact) mass is 442 g/mol. The van der Waals surface area contributed by atoms with Gasteiger partial charge in [-0.05, 0) is 49.7 Å². The molecule has 168 valence electrons. The van der Waals surface area contributed by atoms with Gasteiger partial charge in [0.05, 0.1) is 11.4 Å². The maximum absolute atomic E-state index is 5.63. The lowest BCUT2D eigenvalue weighted by Crippen LogP contribution is -2.34. The van der Waals surface area contributed by atoms with Crippen molar-refractivity contribution in [1.29, 1.82) is 0 Å². The van der Waals surface area contributed by atoms with E-state index in [2.05, 4.69) is 39.5 Å². The summed E-state index contributed by atoms with van der Waals surface area (Å²) in [6.07, 6.45) is 6.22. The topological polar surface area (TPSA) is 70.2 Å². The van der Waals surface area contributed by atoms with E-state index in [1.54, 1.807) is 6.33 Å². The van der Waals surface area contributed by atoms with Crippen molar-refractivity contribution >= 4 is 0 Å². The van der Waals surface area contributed by atoms with E-state index in [9.17, 15) is 0 Å². The van der Waals surface area contributed by atoms with Crippen LogP contribution in [0.25, 0.3) is 16.9 Å². The molecule has 2 aliphatic heterocycles. The highest BCUT2D eigenvalue weighted by Crippen LogP contribution is 2.37. The molecule has 0 aliphatic carbocycles. The Bertz CT molecular complexity index is 1270. The molecule has 8 heteroatoms. The van der Waals surface area contributed by atoms with E-state index in [1.807, 2.05) is 46.6 Å². The zero-order valence-electron chi connectivity index (χ0n) is 18.6. The molecule has 0 N–H and O–H groups in total. The molecule has 0 saturated carbocycles. The predicted molar refractivity (Wildman–Crippen MR) is 123 cm³/mol. The minimum atomic E-state index is 0.265. The van der Waals surface area contributed by atoms with Crippen LogP contribution in [0.2, 0.25) is 0 Å². The quantitative estimate of drug-likeness (QED) is 0.469. The van der Waals surface area contributed by atoms with Gasteiger partial charge in [-0.2, -0.15) is 5.10 Å². The number of aryl methyl sites for hydroxylation is 1. The summed E-state index contributed by atoms with van der Waals surface area (Å²) in [5, 5.41) is 13.4. The van der Waals surface area contributed by atoms with E-state index in [4.69, 9.17) is 14.6 Å². The van der Waals surface area contributed by atoms with Crippen LogP contribution in [0.15, 0.2) is 61.1 Å². The minimum absolute atomic E-state index is 0.265. The molecule has 1 unspecified atom stereocenters. The first-order chi connectivity index (χ1) is 16.2. The van der Waals surface area contributed by atoms with E-state index in [1.165, 1.54) is 5.56 Å². The van der Waals surface area contributed by atoms with E-state index in [0.29, 0.717) is 5.92 Å². The van der Waals surface area contributed by atoms with Crippen molar-refractivity contribution in [3.05, 3.63) is 72.4 Å². The highest BCUT2D eigenvalue weighted by atomic mass is 16.7. The van der Waals surface area contributed by atoms with Gasteiger partial charge in [0.15, 0.2) is 11.5 Å². The second kappa shape index (κ2) is 8.37. The average Bonchev–Trinajstić information content (AvgIpc) is 3.59. The van der Waals surface area contributed by atoms with Gasteiger partial charge in [0.2, 0.25) is 6.79 Å². The number of nitrogens with zero attached hydrogens (tertiary/aromatic N) is 6. The van der Waals surface area contributed by atoms with Crippen LogP contribution in [0.3, 0.4) is 0 Å². The van der Waals surface area contributed by atoms with Crippen LogP contribution in [0.5, 0.6) is 11.5 Å². The normalized spacial score (nSPS) is 18.0. The molecular weight excluding hydrogens is 416 g/mol. The van der Waals surface area contributed by atoms with Gasteiger partial charge in [0.25, 0.3) is 0 Å². The second-order valence-electron chi connectivity index (χ2n) is 8.73. The Morgan fingerprint density at radius 1 is 1.06 bits per heavy atom. The number of fused-ring (bicyclic) bond motifs is 1. The van der Waals surface area contributed by atoms with Crippen LogP contribution in [-0.2, 0) is 13.6 Å². The van der Waals surface area contributed by atoms with Crippen molar-refractivity contribution < 1.29 is 9.47 Å². The van der Waals surface area contributed by atoms with Gasteiger partial charge < -0.3 is 14.0 Å². The SMILES string of the molecule is Cn1cnnc1C1CCCN(Cc2cn(-c3ccccc3)nc2-c2ccc3c(c2)OCO3)C1. The van der Waals surface area contributed by atoms with Gasteiger partial charge >= 0.3 is 0 Å². The summed E-state index contributed by atoms with van der Waals surface area (Å²) >= 11 is 0. The first-order valence-electron chi connectivity index (χ1n) is 11.3. The van der Waals surface area contributed by atoms with Crippen LogP contribution >= 0.6 is 0 Å². The molecule has 0 radical (unpaired) electrons. The van der Waals surface area contributed by atoms with Crippen LogP contribution < -0.4 is 9.47 Å². The fourth-order valence-corrected chi connectivity index (χ4v) is 4.84. The van der Waals surface area contributed by atoms with Gasteiger partial charge in [-0.3, -0.25) is 4.90 Å². The van der Waals surface area contributed by atoms with Crippen molar-refractivity contribution in [2.45, 2.75) is 25.3 Å². The largest absolute Gasteiger partial charge is 0.454 e. The lowest BCUT2D eigenvalue weighted by molar-refractivity contribution is 0.174. The first kappa shape index (κ1) is 20.0. The third-order valence-corrected chi connectivity index (χ3v) is 6.47. The number of likely N-dealkylation sites (tertiary alicyclic amines) is 1. The predicted octanol–water partition coefficient (Wildman–Crippen LogP) is 3.78. The average molecular weight is 443 g/mol. The number of benzene rings is 2. The highest BCUT2D eigenvalue weighted by Gasteiger charge is 2.26. The fourth-order valence-electron chi connectivity index (χ4n) is 4.84.